The molecule has 1 aliphatic heterocycles. The number of carbonyl (C=O) groups excluding carboxylic acids is 1. The third kappa shape index (κ3) is 4.41. The average molecular weight is 492 g/mol. The minimum Gasteiger partial charge on any atom is -0.444 e. The maximum atomic E-state index is 14.0. The van der Waals surface area contributed by atoms with Crippen LogP contribution in [0.4, 0.5) is 15.0 Å². The zero-order valence-electron chi connectivity index (χ0n) is 20.7. The van der Waals surface area contributed by atoms with Crippen LogP contribution >= 0.6 is 0 Å². The summed E-state index contributed by atoms with van der Waals surface area (Å²) >= 11 is 0. The Balaban J connectivity index is 1.30. The quantitative estimate of drug-likeness (QED) is 0.580. The lowest BCUT2D eigenvalue weighted by atomic mass is 9.65. The lowest BCUT2D eigenvalue weighted by Crippen LogP contribution is -2.43. The van der Waals surface area contributed by atoms with Gasteiger partial charge in [-0.3, -0.25) is 4.68 Å². The molecule has 188 valence electrons. The van der Waals surface area contributed by atoms with Crippen molar-refractivity contribution in [2.45, 2.75) is 58.2 Å². The van der Waals surface area contributed by atoms with Gasteiger partial charge in [0.05, 0.1) is 18.8 Å². The Hall–Kier alpha value is -3.87. The number of rotatable bonds is 4. The number of amides is 1. The molecular formula is C26H30FN7O2. The Kier molecular flexibility index (Phi) is 5.74. The van der Waals surface area contributed by atoms with Gasteiger partial charge < -0.3 is 15.4 Å². The van der Waals surface area contributed by atoms with Gasteiger partial charge in [0.2, 0.25) is 0 Å². The topological polar surface area (TPSA) is 115 Å². The van der Waals surface area contributed by atoms with E-state index < -0.39 is 5.60 Å². The van der Waals surface area contributed by atoms with Gasteiger partial charge in [-0.1, -0.05) is 18.2 Å². The Morgan fingerprint density at radius 3 is 2.78 bits per heavy atom. The third-order valence-corrected chi connectivity index (χ3v) is 7.03. The predicted molar refractivity (Wildman–Crippen MR) is 131 cm³/mol. The Labute approximate surface area is 209 Å². The van der Waals surface area contributed by atoms with E-state index in [1.807, 2.05) is 20.8 Å². The first-order valence-corrected chi connectivity index (χ1v) is 12.1. The standard InChI is InChI=1S/C26H30FN7O2/c1-25(2,3)36-24(35)32-9-8-26(16-32)10-19(11-26)34-23(29)20(12-28)22(31-34)18-13-30-33(15-18)14-17-6-4-5-7-21(17)27/h4-7,13,15,19H,8-11,14,16,29H2,1-3H3. The molecule has 36 heavy (non-hydrogen) atoms. The molecule has 2 aromatic heterocycles. The van der Waals surface area contributed by atoms with Gasteiger partial charge in [0.25, 0.3) is 0 Å². The van der Waals surface area contributed by atoms with Gasteiger partial charge in [-0.2, -0.15) is 15.5 Å². The number of anilines is 1. The van der Waals surface area contributed by atoms with Crippen LogP contribution in [-0.2, 0) is 11.3 Å². The van der Waals surface area contributed by atoms with Crippen molar-refractivity contribution >= 4 is 11.9 Å². The monoisotopic (exact) mass is 491 g/mol. The second-order valence-electron chi connectivity index (χ2n) is 10.9. The summed E-state index contributed by atoms with van der Waals surface area (Å²) in [5.41, 5.74) is 7.82. The molecule has 2 aliphatic rings. The van der Waals surface area contributed by atoms with Crippen molar-refractivity contribution in [3.63, 3.8) is 0 Å². The molecule has 0 radical (unpaired) electrons. The number of halogens is 1. The molecule has 0 atom stereocenters. The molecule has 9 nitrogen and oxygen atoms in total. The Morgan fingerprint density at radius 1 is 1.33 bits per heavy atom. The third-order valence-electron chi connectivity index (χ3n) is 7.03. The highest BCUT2D eigenvalue weighted by Gasteiger charge is 2.51. The highest BCUT2D eigenvalue weighted by Crippen LogP contribution is 2.54. The first-order chi connectivity index (χ1) is 17.1. The number of nitrogen functional groups attached to an aromatic ring is 1. The second-order valence-corrected chi connectivity index (χ2v) is 10.9. The van der Waals surface area contributed by atoms with Crippen molar-refractivity contribution in [2.24, 2.45) is 5.41 Å². The fourth-order valence-electron chi connectivity index (χ4n) is 5.28. The number of carbonyl (C=O) groups is 1. The van der Waals surface area contributed by atoms with Gasteiger partial charge in [-0.25, -0.2) is 13.9 Å². The van der Waals surface area contributed by atoms with Crippen molar-refractivity contribution in [2.75, 3.05) is 18.8 Å². The van der Waals surface area contributed by atoms with E-state index in [-0.39, 0.29) is 29.9 Å². The van der Waals surface area contributed by atoms with Crippen LogP contribution in [0.15, 0.2) is 36.7 Å². The van der Waals surface area contributed by atoms with Crippen LogP contribution in [0.2, 0.25) is 0 Å². The van der Waals surface area contributed by atoms with Crippen LogP contribution in [-0.4, -0.2) is 49.2 Å². The van der Waals surface area contributed by atoms with Crippen molar-refractivity contribution in [1.29, 1.82) is 5.26 Å². The van der Waals surface area contributed by atoms with Crippen LogP contribution in [0.1, 0.15) is 57.2 Å². The van der Waals surface area contributed by atoms with Gasteiger partial charge in [-0.05, 0) is 51.5 Å². The first kappa shape index (κ1) is 23.9. The van der Waals surface area contributed by atoms with Crippen molar-refractivity contribution in [1.82, 2.24) is 24.5 Å². The van der Waals surface area contributed by atoms with Gasteiger partial charge in [0, 0.05) is 30.4 Å². The normalized spacial score (nSPS) is 21.4. The number of nitrogens with zero attached hydrogens (tertiary/aromatic N) is 6. The first-order valence-electron chi connectivity index (χ1n) is 12.1. The van der Waals surface area contributed by atoms with E-state index in [4.69, 9.17) is 15.6 Å². The van der Waals surface area contributed by atoms with E-state index in [0.29, 0.717) is 41.3 Å². The summed E-state index contributed by atoms with van der Waals surface area (Å²) in [5.74, 6) is 0.0352. The van der Waals surface area contributed by atoms with Crippen LogP contribution in [0.3, 0.4) is 0 Å². The SMILES string of the molecule is CC(C)(C)OC(=O)N1CCC2(CC(n3nc(-c4cnn(Cc5ccccc5F)c4)c(C#N)c3N)C2)C1. The number of benzene rings is 1. The fourth-order valence-corrected chi connectivity index (χ4v) is 5.28. The molecule has 1 saturated carbocycles. The molecule has 10 heteroatoms. The van der Waals surface area contributed by atoms with E-state index in [1.165, 1.54) is 6.07 Å². The summed E-state index contributed by atoms with van der Waals surface area (Å²) in [7, 11) is 0. The van der Waals surface area contributed by atoms with Gasteiger partial charge in [0.1, 0.15) is 34.6 Å². The summed E-state index contributed by atoms with van der Waals surface area (Å²) in [6, 6.07) is 8.79. The summed E-state index contributed by atoms with van der Waals surface area (Å²) in [6.45, 7) is 7.19. The van der Waals surface area contributed by atoms with E-state index in [9.17, 15) is 14.4 Å². The highest BCUT2D eigenvalue weighted by molar-refractivity contribution is 5.72. The molecule has 2 fully saturated rings. The predicted octanol–water partition coefficient (Wildman–Crippen LogP) is 4.35. The summed E-state index contributed by atoms with van der Waals surface area (Å²) in [4.78, 5) is 14.3. The highest BCUT2D eigenvalue weighted by atomic mass is 19.1. The van der Waals surface area contributed by atoms with E-state index in [1.54, 1.807) is 44.9 Å². The second kappa shape index (κ2) is 8.66. The maximum Gasteiger partial charge on any atom is 0.410 e. The number of aromatic nitrogens is 4. The zero-order valence-corrected chi connectivity index (χ0v) is 20.7. The average Bonchev–Trinajstić information content (AvgIpc) is 3.50. The Morgan fingerprint density at radius 2 is 2.08 bits per heavy atom. The molecule has 2 N–H and O–H groups in total. The van der Waals surface area contributed by atoms with Crippen molar-refractivity contribution < 1.29 is 13.9 Å². The molecule has 3 aromatic rings. The van der Waals surface area contributed by atoms with Gasteiger partial charge in [0.15, 0.2) is 0 Å². The van der Waals surface area contributed by atoms with Gasteiger partial charge >= 0.3 is 6.09 Å². The lowest BCUT2D eigenvalue weighted by Gasteiger charge is -2.45. The molecule has 5 rings (SSSR count). The number of hydrogen-bond acceptors (Lipinski definition) is 6. The van der Waals surface area contributed by atoms with Gasteiger partial charge in [-0.15, -0.1) is 0 Å². The number of nitrogens with two attached hydrogens (primary N) is 1. The molecule has 1 aliphatic carbocycles. The molecule has 0 unspecified atom stereocenters. The van der Waals surface area contributed by atoms with Crippen molar-refractivity contribution in [3.8, 4) is 17.3 Å². The number of hydrogen-bond donors (Lipinski definition) is 1. The number of likely N-dealkylation sites (tertiary alicyclic amines) is 1. The van der Waals surface area contributed by atoms with E-state index in [2.05, 4.69) is 11.2 Å². The largest absolute Gasteiger partial charge is 0.444 e. The molecule has 1 aromatic carbocycles. The number of nitriles is 1. The van der Waals surface area contributed by atoms with Crippen LogP contribution in [0.25, 0.3) is 11.3 Å². The number of ether oxygens (including phenoxy) is 1. The molecule has 1 saturated heterocycles. The summed E-state index contributed by atoms with van der Waals surface area (Å²) in [5, 5.41) is 18.8. The van der Waals surface area contributed by atoms with Crippen LogP contribution in [0, 0.1) is 22.6 Å². The smallest absolute Gasteiger partial charge is 0.410 e. The van der Waals surface area contributed by atoms with Crippen LogP contribution in [0.5, 0.6) is 0 Å². The fraction of sp³-hybridized carbons (Fsp3) is 0.462. The van der Waals surface area contributed by atoms with Crippen LogP contribution < -0.4 is 5.73 Å². The van der Waals surface area contributed by atoms with E-state index >= 15 is 0 Å². The minimum absolute atomic E-state index is 0.0254. The zero-order chi connectivity index (χ0) is 25.7. The van der Waals surface area contributed by atoms with Crippen molar-refractivity contribution in [3.05, 3.63) is 53.6 Å². The lowest BCUT2D eigenvalue weighted by molar-refractivity contribution is 0.0188. The molecular weight excluding hydrogens is 461 g/mol. The summed E-state index contributed by atoms with van der Waals surface area (Å²) in [6.07, 6.45) is 5.65. The molecule has 0 bridgehead atoms. The molecule has 3 heterocycles. The summed E-state index contributed by atoms with van der Waals surface area (Å²) < 4.78 is 22.9. The minimum atomic E-state index is -0.522. The Bertz CT molecular complexity index is 1340. The molecule has 1 spiro atoms. The van der Waals surface area contributed by atoms with E-state index in [0.717, 1.165) is 19.3 Å². The maximum absolute atomic E-state index is 14.0. The molecule has 1 amide bonds.